The van der Waals surface area contributed by atoms with Gasteiger partial charge in [0, 0.05) is 18.9 Å². The van der Waals surface area contributed by atoms with Gasteiger partial charge < -0.3 is 9.84 Å². The molecule has 1 aromatic carbocycles. The molecule has 0 saturated heterocycles. The van der Waals surface area contributed by atoms with Gasteiger partial charge in [-0.1, -0.05) is 19.1 Å². The maximum absolute atomic E-state index is 9.01. The van der Waals surface area contributed by atoms with Crippen molar-refractivity contribution in [3.05, 3.63) is 29.3 Å². The van der Waals surface area contributed by atoms with Crippen molar-refractivity contribution >= 4 is 0 Å². The summed E-state index contributed by atoms with van der Waals surface area (Å²) in [5.41, 5.74) is 2.48. The molecular weight excluding hydrogens is 164 g/mol. The van der Waals surface area contributed by atoms with Gasteiger partial charge in [-0.25, -0.2) is 0 Å². The minimum absolute atomic E-state index is 0.208. The minimum Gasteiger partial charge on any atom is -0.493 e. The van der Waals surface area contributed by atoms with Crippen molar-refractivity contribution in [2.24, 2.45) is 0 Å². The topological polar surface area (TPSA) is 29.5 Å². The number of aliphatic hydroxyl groups excluding tert-OH is 1. The summed E-state index contributed by atoms with van der Waals surface area (Å²) in [6, 6.07) is 6.18. The van der Waals surface area contributed by atoms with Crippen LogP contribution in [-0.2, 0) is 6.42 Å². The van der Waals surface area contributed by atoms with Crippen LogP contribution in [0.25, 0.3) is 0 Å². The number of hydrogen-bond donors (Lipinski definition) is 1. The fourth-order valence-corrected chi connectivity index (χ4v) is 1.62. The van der Waals surface area contributed by atoms with Crippen molar-refractivity contribution in [2.75, 3.05) is 13.2 Å². The summed E-state index contributed by atoms with van der Waals surface area (Å²) in [6.45, 7) is 3.03. The summed E-state index contributed by atoms with van der Waals surface area (Å²) in [4.78, 5) is 0. The molecule has 0 bridgehead atoms. The highest BCUT2D eigenvalue weighted by Crippen LogP contribution is 2.28. The number of ether oxygens (including phenoxy) is 1. The Morgan fingerprint density at radius 3 is 3.15 bits per heavy atom. The molecule has 1 aliphatic heterocycles. The lowest BCUT2D eigenvalue weighted by Crippen LogP contribution is -1.98. The molecule has 0 aliphatic carbocycles. The summed E-state index contributed by atoms with van der Waals surface area (Å²) >= 11 is 0. The second kappa shape index (κ2) is 3.38. The second-order valence-electron chi connectivity index (χ2n) is 3.55. The zero-order valence-electron chi connectivity index (χ0n) is 7.79. The third kappa shape index (κ3) is 1.54. The third-order valence-corrected chi connectivity index (χ3v) is 2.56. The number of aliphatic hydroxyl groups is 1. The molecule has 13 heavy (non-hydrogen) atoms. The molecule has 2 heteroatoms. The predicted octanol–water partition coefficient (Wildman–Crippen LogP) is 1.72. The third-order valence-electron chi connectivity index (χ3n) is 2.56. The van der Waals surface area contributed by atoms with Crippen molar-refractivity contribution in [2.45, 2.75) is 19.3 Å². The Bertz CT molecular complexity index is 307. The van der Waals surface area contributed by atoms with Gasteiger partial charge in [-0.3, -0.25) is 0 Å². The zero-order chi connectivity index (χ0) is 9.26. The summed E-state index contributed by atoms with van der Waals surface area (Å²) in [7, 11) is 0. The van der Waals surface area contributed by atoms with Gasteiger partial charge >= 0.3 is 0 Å². The molecule has 0 unspecified atom stereocenters. The van der Waals surface area contributed by atoms with Crippen LogP contribution in [0, 0.1) is 0 Å². The monoisotopic (exact) mass is 178 g/mol. The van der Waals surface area contributed by atoms with Crippen LogP contribution in [0.3, 0.4) is 0 Å². The molecule has 0 aromatic heterocycles. The van der Waals surface area contributed by atoms with Crippen LogP contribution in [0.2, 0.25) is 0 Å². The van der Waals surface area contributed by atoms with Crippen molar-refractivity contribution in [1.29, 1.82) is 0 Å². The summed E-state index contributed by atoms with van der Waals surface area (Å²) in [5.74, 6) is 1.24. The molecule has 1 aliphatic rings. The second-order valence-corrected chi connectivity index (χ2v) is 3.55. The maximum atomic E-state index is 9.01. The largest absolute Gasteiger partial charge is 0.493 e. The lowest BCUT2D eigenvalue weighted by atomic mass is 9.99. The van der Waals surface area contributed by atoms with Crippen LogP contribution in [-0.4, -0.2) is 18.3 Å². The summed E-state index contributed by atoms with van der Waals surface area (Å²) < 4.78 is 5.40. The summed E-state index contributed by atoms with van der Waals surface area (Å²) in [6.07, 6.45) is 1.00. The Morgan fingerprint density at radius 1 is 1.54 bits per heavy atom. The van der Waals surface area contributed by atoms with Crippen molar-refractivity contribution in [3.8, 4) is 5.75 Å². The average molecular weight is 178 g/mol. The van der Waals surface area contributed by atoms with Crippen molar-refractivity contribution < 1.29 is 9.84 Å². The average Bonchev–Trinajstić information content (AvgIpc) is 2.63. The van der Waals surface area contributed by atoms with Crippen LogP contribution < -0.4 is 4.74 Å². The van der Waals surface area contributed by atoms with Crippen molar-refractivity contribution in [1.82, 2.24) is 0 Å². The molecule has 1 aromatic rings. The Labute approximate surface area is 78.2 Å². The smallest absolute Gasteiger partial charge is 0.122 e. The van der Waals surface area contributed by atoms with E-state index in [2.05, 4.69) is 6.07 Å². The highest BCUT2D eigenvalue weighted by Gasteiger charge is 2.13. The van der Waals surface area contributed by atoms with E-state index < -0.39 is 0 Å². The lowest BCUT2D eigenvalue weighted by molar-refractivity contribution is 0.273. The van der Waals surface area contributed by atoms with E-state index in [1.165, 1.54) is 11.1 Å². The first kappa shape index (κ1) is 8.57. The van der Waals surface area contributed by atoms with E-state index in [9.17, 15) is 0 Å². The van der Waals surface area contributed by atoms with Gasteiger partial charge in [0.15, 0.2) is 0 Å². The molecule has 0 fully saturated rings. The molecule has 0 spiro atoms. The van der Waals surface area contributed by atoms with E-state index in [0.717, 1.165) is 18.8 Å². The highest BCUT2D eigenvalue weighted by molar-refractivity contribution is 5.40. The van der Waals surface area contributed by atoms with Gasteiger partial charge in [-0.15, -0.1) is 0 Å². The van der Waals surface area contributed by atoms with Crippen LogP contribution in [0.15, 0.2) is 18.2 Å². The first-order valence-corrected chi connectivity index (χ1v) is 4.67. The fraction of sp³-hybridized carbons (Fsp3) is 0.455. The summed E-state index contributed by atoms with van der Waals surface area (Å²) in [5, 5.41) is 9.01. The molecule has 2 rings (SSSR count). The Morgan fingerprint density at radius 2 is 2.38 bits per heavy atom. The SMILES string of the molecule is C[C@@H](CO)c1ccc2c(c1)CCO2. The van der Waals surface area contributed by atoms with E-state index in [0.29, 0.717) is 0 Å². The molecule has 70 valence electrons. The molecule has 1 N–H and O–H groups in total. The Hall–Kier alpha value is -1.02. The van der Waals surface area contributed by atoms with Crippen LogP contribution in [0.4, 0.5) is 0 Å². The number of benzene rings is 1. The van der Waals surface area contributed by atoms with E-state index in [-0.39, 0.29) is 12.5 Å². The standard InChI is InChI=1S/C11H14O2/c1-8(7-12)9-2-3-11-10(6-9)4-5-13-11/h2-3,6,8,12H,4-5,7H2,1H3/t8-/m0/s1. The maximum Gasteiger partial charge on any atom is 0.122 e. The fourth-order valence-electron chi connectivity index (χ4n) is 1.62. The minimum atomic E-state index is 0.208. The van der Waals surface area contributed by atoms with E-state index in [1.54, 1.807) is 0 Å². The Balaban J connectivity index is 2.30. The number of fused-ring (bicyclic) bond motifs is 1. The predicted molar refractivity (Wildman–Crippen MR) is 51.1 cm³/mol. The molecule has 1 atom stereocenters. The van der Waals surface area contributed by atoms with Crippen molar-refractivity contribution in [3.63, 3.8) is 0 Å². The Kier molecular flexibility index (Phi) is 2.23. The molecule has 0 amide bonds. The molecule has 0 radical (unpaired) electrons. The lowest BCUT2D eigenvalue weighted by Gasteiger charge is -2.09. The van der Waals surface area contributed by atoms with Gasteiger partial charge in [0.1, 0.15) is 5.75 Å². The van der Waals surface area contributed by atoms with Gasteiger partial charge in [0.25, 0.3) is 0 Å². The molecule has 1 heterocycles. The highest BCUT2D eigenvalue weighted by atomic mass is 16.5. The van der Waals surface area contributed by atoms with Crippen LogP contribution in [0.5, 0.6) is 5.75 Å². The van der Waals surface area contributed by atoms with Crippen LogP contribution in [0.1, 0.15) is 24.0 Å². The van der Waals surface area contributed by atoms with Gasteiger partial charge in [0.2, 0.25) is 0 Å². The molecule has 2 nitrogen and oxygen atoms in total. The van der Waals surface area contributed by atoms with Crippen LogP contribution >= 0.6 is 0 Å². The van der Waals surface area contributed by atoms with Gasteiger partial charge in [0.05, 0.1) is 6.61 Å². The van der Waals surface area contributed by atoms with Gasteiger partial charge in [-0.2, -0.15) is 0 Å². The number of hydrogen-bond acceptors (Lipinski definition) is 2. The van der Waals surface area contributed by atoms with E-state index in [1.807, 2.05) is 19.1 Å². The first-order chi connectivity index (χ1) is 6.31. The number of rotatable bonds is 2. The van der Waals surface area contributed by atoms with E-state index >= 15 is 0 Å². The first-order valence-electron chi connectivity index (χ1n) is 4.67. The molecule has 0 saturated carbocycles. The zero-order valence-corrected chi connectivity index (χ0v) is 7.79. The quantitative estimate of drug-likeness (QED) is 0.747. The van der Waals surface area contributed by atoms with E-state index in [4.69, 9.17) is 9.84 Å². The molecular formula is C11H14O2. The normalized spacial score (nSPS) is 16.5. The van der Waals surface area contributed by atoms with Gasteiger partial charge in [-0.05, 0) is 17.2 Å².